The highest BCUT2D eigenvalue weighted by Crippen LogP contribution is 2.22. The van der Waals surface area contributed by atoms with Crippen LogP contribution >= 0.6 is 0 Å². The van der Waals surface area contributed by atoms with Gasteiger partial charge in [0, 0.05) is 0 Å². The highest BCUT2D eigenvalue weighted by molar-refractivity contribution is 4.83. The summed E-state index contributed by atoms with van der Waals surface area (Å²) in [5.41, 5.74) is 0. The first kappa shape index (κ1) is 12.3. The molecule has 0 aromatic heterocycles. The second kappa shape index (κ2) is 6.55. The van der Waals surface area contributed by atoms with Crippen LogP contribution in [0.25, 0.3) is 0 Å². The van der Waals surface area contributed by atoms with Crippen molar-refractivity contribution in [3.8, 4) is 0 Å². The lowest BCUT2D eigenvalue weighted by Crippen LogP contribution is -2.50. The molecule has 2 saturated heterocycles. The summed E-state index contributed by atoms with van der Waals surface area (Å²) < 4.78 is 22.7. The fourth-order valence-electron chi connectivity index (χ4n) is 2.28. The van der Waals surface area contributed by atoms with Crippen LogP contribution in [0.3, 0.4) is 0 Å². The van der Waals surface area contributed by atoms with Crippen LogP contribution in [0.2, 0.25) is 0 Å². The van der Waals surface area contributed by atoms with Crippen molar-refractivity contribution in [2.45, 2.75) is 44.5 Å². The quantitative estimate of drug-likeness (QED) is 0.731. The van der Waals surface area contributed by atoms with Crippen LogP contribution < -0.4 is 0 Å². The highest BCUT2D eigenvalue weighted by atomic mass is 16.6. The van der Waals surface area contributed by atoms with Crippen molar-refractivity contribution in [1.82, 2.24) is 0 Å². The first-order valence-corrected chi connectivity index (χ1v) is 6.34. The van der Waals surface area contributed by atoms with E-state index in [-0.39, 0.29) is 18.3 Å². The third-order valence-electron chi connectivity index (χ3n) is 3.14. The standard InChI is InChI=1S/C12H22O4/c1-2-3-4-10-12(16-8-7-14-10)11-9-13-5-6-15-11/h10-12H,2-9H2,1H3/t10-,11-,12-/m0/s1. The molecule has 0 aliphatic carbocycles. The maximum atomic E-state index is 5.80. The predicted octanol–water partition coefficient (Wildman–Crippen LogP) is 1.38. The SMILES string of the molecule is CCCC[C@@H]1OCCO[C@@H]1[C@@H]1COCCO1. The molecule has 3 atom stereocenters. The Morgan fingerprint density at radius 1 is 1.00 bits per heavy atom. The number of hydrogen-bond donors (Lipinski definition) is 0. The van der Waals surface area contributed by atoms with Crippen molar-refractivity contribution in [2.24, 2.45) is 0 Å². The maximum absolute atomic E-state index is 5.80. The maximum Gasteiger partial charge on any atom is 0.112 e. The second-order valence-electron chi connectivity index (χ2n) is 4.37. The Morgan fingerprint density at radius 3 is 2.56 bits per heavy atom. The van der Waals surface area contributed by atoms with Crippen LogP contribution in [0.4, 0.5) is 0 Å². The third kappa shape index (κ3) is 3.17. The van der Waals surface area contributed by atoms with E-state index in [0.717, 1.165) is 6.42 Å². The van der Waals surface area contributed by atoms with Gasteiger partial charge in [0.05, 0.1) is 39.1 Å². The molecule has 0 saturated carbocycles. The minimum Gasteiger partial charge on any atom is -0.376 e. The number of ether oxygens (including phenoxy) is 4. The molecule has 0 spiro atoms. The van der Waals surface area contributed by atoms with E-state index in [1.54, 1.807) is 0 Å². The minimum atomic E-state index is 0.0518. The van der Waals surface area contributed by atoms with Gasteiger partial charge in [-0.1, -0.05) is 19.8 Å². The van der Waals surface area contributed by atoms with Gasteiger partial charge in [0.25, 0.3) is 0 Å². The molecule has 0 aromatic rings. The van der Waals surface area contributed by atoms with Crippen molar-refractivity contribution in [2.75, 3.05) is 33.0 Å². The Kier molecular flexibility index (Phi) is 5.03. The Balaban J connectivity index is 1.86. The summed E-state index contributed by atoms with van der Waals surface area (Å²) >= 11 is 0. The summed E-state index contributed by atoms with van der Waals surface area (Å²) in [6, 6.07) is 0. The first-order chi connectivity index (χ1) is 7.92. The third-order valence-corrected chi connectivity index (χ3v) is 3.14. The molecule has 0 bridgehead atoms. The van der Waals surface area contributed by atoms with E-state index in [2.05, 4.69) is 6.92 Å². The lowest BCUT2D eigenvalue weighted by Gasteiger charge is -2.38. The van der Waals surface area contributed by atoms with Crippen molar-refractivity contribution in [3.63, 3.8) is 0 Å². The van der Waals surface area contributed by atoms with E-state index in [4.69, 9.17) is 18.9 Å². The van der Waals surface area contributed by atoms with E-state index in [0.29, 0.717) is 33.0 Å². The zero-order chi connectivity index (χ0) is 11.2. The molecular weight excluding hydrogens is 208 g/mol. The normalized spacial score (nSPS) is 36.2. The van der Waals surface area contributed by atoms with Gasteiger partial charge in [0.1, 0.15) is 12.2 Å². The predicted molar refractivity (Wildman–Crippen MR) is 59.6 cm³/mol. The van der Waals surface area contributed by atoms with Crippen molar-refractivity contribution >= 4 is 0 Å². The molecule has 4 nitrogen and oxygen atoms in total. The number of hydrogen-bond acceptors (Lipinski definition) is 4. The first-order valence-electron chi connectivity index (χ1n) is 6.34. The Labute approximate surface area is 97.2 Å². The van der Waals surface area contributed by atoms with Gasteiger partial charge in [-0.25, -0.2) is 0 Å². The average molecular weight is 230 g/mol. The van der Waals surface area contributed by atoms with Gasteiger partial charge in [-0.15, -0.1) is 0 Å². The molecule has 2 heterocycles. The number of rotatable bonds is 4. The molecule has 2 rings (SSSR count). The summed E-state index contributed by atoms with van der Waals surface area (Å²) in [6.45, 7) is 5.58. The Bertz CT molecular complexity index is 191. The van der Waals surface area contributed by atoms with Crippen molar-refractivity contribution < 1.29 is 18.9 Å². The van der Waals surface area contributed by atoms with Gasteiger partial charge < -0.3 is 18.9 Å². The molecular formula is C12H22O4. The molecule has 2 fully saturated rings. The molecule has 4 heteroatoms. The summed E-state index contributed by atoms with van der Waals surface area (Å²) in [5.74, 6) is 0. The fraction of sp³-hybridized carbons (Fsp3) is 1.00. The molecule has 2 aliphatic rings. The summed E-state index contributed by atoms with van der Waals surface area (Å²) in [5, 5.41) is 0. The summed E-state index contributed by atoms with van der Waals surface area (Å²) in [6.07, 6.45) is 3.71. The van der Waals surface area contributed by atoms with E-state index in [1.165, 1.54) is 12.8 Å². The molecule has 0 amide bonds. The minimum absolute atomic E-state index is 0.0518. The zero-order valence-electron chi connectivity index (χ0n) is 10.0. The second-order valence-corrected chi connectivity index (χ2v) is 4.37. The average Bonchev–Trinajstić information content (AvgIpc) is 2.38. The zero-order valence-corrected chi connectivity index (χ0v) is 10.0. The van der Waals surface area contributed by atoms with E-state index in [9.17, 15) is 0 Å². The van der Waals surface area contributed by atoms with E-state index < -0.39 is 0 Å². The Morgan fingerprint density at radius 2 is 1.81 bits per heavy atom. The van der Waals surface area contributed by atoms with Crippen LogP contribution in [-0.2, 0) is 18.9 Å². The van der Waals surface area contributed by atoms with Crippen LogP contribution in [0.5, 0.6) is 0 Å². The molecule has 2 aliphatic heterocycles. The van der Waals surface area contributed by atoms with Gasteiger partial charge >= 0.3 is 0 Å². The largest absolute Gasteiger partial charge is 0.376 e. The van der Waals surface area contributed by atoms with Gasteiger partial charge in [-0.05, 0) is 6.42 Å². The van der Waals surface area contributed by atoms with E-state index >= 15 is 0 Å². The van der Waals surface area contributed by atoms with Crippen LogP contribution in [-0.4, -0.2) is 51.3 Å². The highest BCUT2D eigenvalue weighted by Gasteiger charge is 2.35. The molecule has 0 radical (unpaired) electrons. The lowest BCUT2D eigenvalue weighted by atomic mass is 10.0. The topological polar surface area (TPSA) is 36.9 Å². The molecule has 0 aromatic carbocycles. The molecule has 16 heavy (non-hydrogen) atoms. The molecule has 0 unspecified atom stereocenters. The smallest absolute Gasteiger partial charge is 0.112 e. The molecule has 0 N–H and O–H groups in total. The lowest BCUT2D eigenvalue weighted by molar-refractivity contribution is -0.215. The summed E-state index contributed by atoms with van der Waals surface area (Å²) in [4.78, 5) is 0. The van der Waals surface area contributed by atoms with Crippen molar-refractivity contribution in [3.05, 3.63) is 0 Å². The van der Waals surface area contributed by atoms with Gasteiger partial charge in [-0.2, -0.15) is 0 Å². The van der Waals surface area contributed by atoms with Gasteiger partial charge in [0.15, 0.2) is 0 Å². The van der Waals surface area contributed by atoms with Gasteiger partial charge in [-0.3, -0.25) is 0 Å². The van der Waals surface area contributed by atoms with E-state index in [1.807, 2.05) is 0 Å². The molecule has 94 valence electrons. The number of unbranched alkanes of at least 4 members (excludes halogenated alkanes) is 1. The van der Waals surface area contributed by atoms with Gasteiger partial charge in [0.2, 0.25) is 0 Å². The summed E-state index contributed by atoms with van der Waals surface area (Å²) in [7, 11) is 0. The Hall–Kier alpha value is -0.160. The monoisotopic (exact) mass is 230 g/mol. The van der Waals surface area contributed by atoms with Crippen LogP contribution in [0.15, 0.2) is 0 Å². The fourth-order valence-corrected chi connectivity index (χ4v) is 2.28. The van der Waals surface area contributed by atoms with Crippen LogP contribution in [0.1, 0.15) is 26.2 Å². The van der Waals surface area contributed by atoms with Crippen molar-refractivity contribution in [1.29, 1.82) is 0 Å². The van der Waals surface area contributed by atoms with Crippen LogP contribution in [0, 0.1) is 0 Å².